The van der Waals surface area contributed by atoms with Crippen LogP contribution >= 0.6 is 0 Å². The second-order valence-corrected chi connectivity index (χ2v) is 3.98. The number of aliphatic hydroxyl groups excluding tert-OH is 1. The van der Waals surface area contributed by atoms with Crippen LogP contribution in [0.15, 0.2) is 31.0 Å². The predicted molar refractivity (Wildman–Crippen MR) is 67.6 cm³/mol. The molecule has 0 saturated carbocycles. The Morgan fingerprint density at radius 3 is 3.00 bits per heavy atom. The third-order valence-corrected chi connectivity index (χ3v) is 2.54. The fourth-order valence-electron chi connectivity index (χ4n) is 1.49. The molecule has 3 nitrogen and oxygen atoms in total. The van der Waals surface area contributed by atoms with E-state index in [1.54, 1.807) is 13.1 Å². The van der Waals surface area contributed by atoms with E-state index in [4.69, 9.17) is 0 Å². The molecule has 1 heterocycles. The van der Waals surface area contributed by atoms with E-state index in [0.717, 1.165) is 30.8 Å². The van der Waals surface area contributed by atoms with Crippen molar-refractivity contribution in [3.05, 3.63) is 36.5 Å². The summed E-state index contributed by atoms with van der Waals surface area (Å²) in [6.07, 6.45) is 5.30. The van der Waals surface area contributed by atoms with E-state index < -0.39 is 6.10 Å². The SMILES string of the molecule is C=CCCCN(C)c1cc([C@H](C)O)ccn1. The average molecular weight is 220 g/mol. The van der Waals surface area contributed by atoms with Crippen LogP contribution in [0.5, 0.6) is 0 Å². The van der Waals surface area contributed by atoms with Gasteiger partial charge >= 0.3 is 0 Å². The molecule has 3 heteroatoms. The van der Waals surface area contributed by atoms with Crippen molar-refractivity contribution in [2.45, 2.75) is 25.9 Å². The molecule has 1 aromatic heterocycles. The number of rotatable bonds is 6. The Balaban J connectivity index is 2.64. The van der Waals surface area contributed by atoms with Crippen LogP contribution in [0.3, 0.4) is 0 Å². The molecule has 1 N–H and O–H groups in total. The molecule has 0 aliphatic heterocycles. The zero-order chi connectivity index (χ0) is 12.0. The first-order valence-corrected chi connectivity index (χ1v) is 5.61. The van der Waals surface area contributed by atoms with Gasteiger partial charge in [0.15, 0.2) is 0 Å². The third-order valence-electron chi connectivity index (χ3n) is 2.54. The molecule has 0 aliphatic carbocycles. The van der Waals surface area contributed by atoms with Gasteiger partial charge in [-0.2, -0.15) is 0 Å². The highest BCUT2D eigenvalue weighted by Crippen LogP contribution is 2.17. The number of pyridine rings is 1. The summed E-state index contributed by atoms with van der Waals surface area (Å²) in [5.41, 5.74) is 0.903. The van der Waals surface area contributed by atoms with Gasteiger partial charge in [0, 0.05) is 19.8 Å². The summed E-state index contributed by atoms with van der Waals surface area (Å²) in [7, 11) is 2.01. The average Bonchev–Trinajstić information content (AvgIpc) is 2.29. The molecule has 88 valence electrons. The molecule has 0 unspecified atom stereocenters. The summed E-state index contributed by atoms with van der Waals surface area (Å²) in [4.78, 5) is 6.38. The molecular weight excluding hydrogens is 200 g/mol. The predicted octanol–water partition coefficient (Wildman–Crippen LogP) is 2.54. The third kappa shape index (κ3) is 3.66. The summed E-state index contributed by atoms with van der Waals surface area (Å²) in [5.74, 6) is 0.905. The molecule has 16 heavy (non-hydrogen) atoms. The fourth-order valence-corrected chi connectivity index (χ4v) is 1.49. The zero-order valence-corrected chi connectivity index (χ0v) is 10.1. The van der Waals surface area contributed by atoms with Gasteiger partial charge in [0.25, 0.3) is 0 Å². The summed E-state index contributed by atoms with van der Waals surface area (Å²) in [6.45, 7) is 6.41. The van der Waals surface area contributed by atoms with Crippen LogP contribution in [0, 0.1) is 0 Å². The van der Waals surface area contributed by atoms with Crippen molar-refractivity contribution in [3.63, 3.8) is 0 Å². The molecule has 0 spiro atoms. The summed E-state index contributed by atoms with van der Waals surface area (Å²) in [5, 5.41) is 9.48. The second-order valence-electron chi connectivity index (χ2n) is 3.98. The van der Waals surface area contributed by atoms with Crippen LogP contribution in [0.2, 0.25) is 0 Å². The topological polar surface area (TPSA) is 36.4 Å². The minimum atomic E-state index is -0.441. The number of nitrogens with zero attached hydrogens (tertiary/aromatic N) is 2. The van der Waals surface area contributed by atoms with Gasteiger partial charge in [0.1, 0.15) is 5.82 Å². The van der Waals surface area contributed by atoms with Crippen LogP contribution in [0.4, 0.5) is 5.82 Å². The normalized spacial score (nSPS) is 12.2. The van der Waals surface area contributed by atoms with Gasteiger partial charge in [-0.3, -0.25) is 0 Å². The van der Waals surface area contributed by atoms with Gasteiger partial charge in [-0.05, 0) is 37.5 Å². The highest BCUT2D eigenvalue weighted by Gasteiger charge is 2.05. The number of allylic oxidation sites excluding steroid dienone is 1. The molecule has 0 saturated heterocycles. The van der Waals surface area contributed by atoms with Crippen molar-refractivity contribution in [2.75, 3.05) is 18.5 Å². The Hall–Kier alpha value is -1.35. The van der Waals surface area contributed by atoms with Crippen LogP contribution in [0.1, 0.15) is 31.4 Å². The van der Waals surface area contributed by atoms with Crippen LogP contribution in [-0.4, -0.2) is 23.7 Å². The lowest BCUT2D eigenvalue weighted by Gasteiger charge is -2.18. The van der Waals surface area contributed by atoms with Crippen LogP contribution in [-0.2, 0) is 0 Å². The van der Waals surface area contributed by atoms with Crippen LogP contribution < -0.4 is 4.90 Å². The Morgan fingerprint density at radius 2 is 2.38 bits per heavy atom. The van der Waals surface area contributed by atoms with E-state index in [2.05, 4.69) is 16.5 Å². The minimum Gasteiger partial charge on any atom is -0.389 e. The maximum Gasteiger partial charge on any atom is 0.128 e. The summed E-state index contributed by atoms with van der Waals surface area (Å²) in [6, 6.07) is 3.77. The molecule has 0 fully saturated rings. The van der Waals surface area contributed by atoms with Crippen molar-refractivity contribution in [1.82, 2.24) is 4.98 Å². The van der Waals surface area contributed by atoms with Crippen molar-refractivity contribution in [2.24, 2.45) is 0 Å². The molecule has 0 bridgehead atoms. The first-order chi connectivity index (χ1) is 7.65. The van der Waals surface area contributed by atoms with Crippen molar-refractivity contribution in [3.8, 4) is 0 Å². The molecule has 0 radical (unpaired) electrons. The van der Waals surface area contributed by atoms with Crippen molar-refractivity contribution < 1.29 is 5.11 Å². The Morgan fingerprint density at radius 1 is 1.62 bits per heavy atom. The van der Waals surface area contributed by atoms with Gasteiger partial charge < -0.3 is 10.0 Å². The number of hydrogen-bond acceptors (Lipinski definition) is 3. The lowest BCUT2D eigenvalue weighted by molar-refractivity contribution is 0.199. The maximum absolute atomic E-state index is 9.48. The lowest BCUT2D eigenvalue weighted by Crippen LogP contribution is -2.19. The van der Waals surface area contributed by atoms with Crippen molar-refractivity contribution >= 4 is 5.82 Å². The molecule has 0 aromatic carbocycles. The minimum absolute atomic E-state index is 0.441. The van der Waals surface area contributed by atoms with E-state index in [0.29, 0.717) is 0 Å². The number of anilines is 1. The summed E-state index contributed by atoms with van der Waals surface area (Å²) < 4.78 is 0. The monoisotopic (exact) mass is 220 g/mol. The molecular formula is C13H20N2O. The quantitative estimate of drug-likeness (QED) is 0.591. The van der Waals surface area contributed by atoms with E-state index in [9.17, 15) is 5.11 Å². The van der Waals surface area contributed by atoms with Gasteiger partial charge in [-0.15, -0.1) is 6.58 Å². The lowest BCUT2D eigenvalue weighted by atomic mass is 10.1. The first kappa shape index (κ1) is 12.7. The van der Waals surface area contributed by atoms with Gasteiger partial charge in [-0.25, -0.2) is 4.98 Å². The first-order valence-electron chi connectivity index (χ1n) is 5.61. The van der Waals surface area contributed by atoms with Crippen LogP contribution in [0.25, 0.3) is 0 Å². The maximum atomic E-state index is 9.48. The van der Waals surface area contributed by atoms with Crippen molar-refractivity contribution in [1.29, 1.82) is 0 Å². The molecule has 0 aliphatic rings. The van der Waals surface area contributed by atoms with E-state index in [-0.39, 0.29) is 0 Å². The fraction of sp³-hybridized carbons (Fsp3) is 0.462. The molecule has 1 atom stereocenters. The molecule has 0 amide bonds. The molecule has 1 rings (SSSR count). The van der Waals surface area contributed by atoms with E-state index >= 15 is 0 Å². The Bertz CT molecular complexity index is 336. The highest BCUT2D eigenvalue weighted by molar-refractivity contribution is 5.40. The number of aromatic nitrogens is 1. The molecule has 1 aromatic rings. The second kappa shape index (κ2) is 6.28. The smallest absolute Gasteiger partial charge is 0.128 e. The zero-order valence-electron chi connectivity index (χ0n) is 10.1. The van der Waals surface area contributed by atoms with Gasteiger partial charge in [0.05, 0.1) is 6.10 Å². The van der Waals surface area contributed by atoms with E-state index in [1.807, 2.05) is 25.3 Å². The summed E-state index contributed by atoms with van der Waals surface area (Å²) >= 11 is 0. The number of unbranched alkanes of at least 4 members (excludes halogenated alkanes) is 1. The van der Waals surface area contributed by atoms with Gasteiger partial charge in [0.2, 0.25) is 0 Å². The standard InChI is InChI=1S/C13H20N2O/c1-4-5-6-9-15(3)13-10-12(11(2)16)7-8-14-13/h4,7-8,10-11,16H,1,5-6,9H2,2-3H3/t11-/m0/s1. The Labute approximate surface area is 97.4 Å². The highest BCUT2D eigenvalue weighted by atomic mass is 16.3. The Kier molecular flexibility index (Phi) is 4.99. The van der Waals surface area contributed by atoms with E-state index in [1.165, 1.54) is 0 Å². The number of hydrogen-bond donors (Lipinski definition) is 1. The van der Waals surface area contributed by atoms with Gasteiger partial charge in [-0.1, -0.05) is 6.08 Å². The number of aliphatic hydroxyl groups is 1. The largest absolute Gasteiger partial charge is 0.389 e.